The van der Waals surface area contributed by atoms with Crippen LogP contribution < -0.4 is 14.8 Å². The Morgan fingerprint density at radius 1 is 1.22 bits per heavy atom. The summed E-state index contributed by atoms with van der Waals surface area (Å²) in [5, 5.41) is 17.5. The van der Waals surface area contributed by atoms with Crippen LogP contribution in [0.5, 0.6) is 11.5 Å². The maximum Gasteiger partial charge on any atom is 0.424 e. The molecule has 1 amide bonds. The molecule has 0 radical (unpaired) electrons. The number of pyridine rings is 1. The molecule has 1 aliphatic heterocycles. The predicted molar refractivity (Wildman–Crippen MR) is 155 cm³/mol. The number of methoxy groups -OCH3 is 1. The zero-order valence-electron chi connectivity index (χ0n) is 24.6. The number of Topliss-reactive ketones (excluding diaryl/α,β-unsaturated/α-hetero) is 1. The van der Waals surface area contributed by atoms with E-state index in [1.54, 1.807) is 0 Å². The lowest BCUT2D eigenvalue weighted by molar-refractivity contribution is -0.265. The van der Waals surface area contributed by atoms with Crippen LogP contribution in [0.3, 0.4) is 0 Å². The van der Waals surface area contributed by atoms with E-state index in [4.69, 9.17) is 21.1 Å². The van der Waals surface area contributed by atoms with E-state index >= 15 is 0 Å². The molecule has 3 heterocycles. The minimum Gasteiger partial charge on any atom is -0.494 e. The normalized spacial score (nSPS) is 19.7. The monoisotopic (exact) mass is 664 g/mol. The van der Waals surface area contributed by atoms with Crippen molar-refractivity contribution in [1.82, 2.24) is 20.1 Å². The molecule has 0 spiro atoms. The minimum absolute atomic E-state index is 0.0252. The number of aromatic nitrogens is 3. The molecule has 2 atom stereocenters. The number of hydrogen-bond acceptors (Lipinski definition) is 7. The molecule has 0 saturated heterocycles. The molecule has 1 aliphatic carbocycles. The molecule has 2 aliphatic rings. The van der Waals surface area contributed by atoms with E-state index in [0.29, 0.717) is 5.39 Å². The fraction of sp³-hybridized carbons (Fsp3) is 0.355. The molecule has 0 bridgehead atoms. The van der Waals surface area contributed by atoms with Gasteiger partial charge in [-0.1, -0.05) is 23.7 Å². The zero-order valence-corrected chi connectivity index (χ0v) is 25.3. The molecule has 242 valence electrons. The van der Waals surface area contributed by atoms with Gasteiger partial charge in [0.05, 0.1) is 29.8 Å². The highest BCUT2D eigenvalue weighted by atomic mass is 35.5. The number of ketones is 1. The minimum atomic E-state index is -5.42. The Kier molecular flexibility index (Phi) is 7.32. The Balaban J connectivity index is 1.42. The van der Waals surface area contributed by atoms with Crippen LogP contribution in [0.2, 0.25) is 5.02 Å². The molecule has 9 nitrogen and oxygen atoms in total. The molecule has 2 N–H and O–H groups in total. The van der Waals surface area contributed by atoms with Crippen molar-refractivity contribution >= 4 is 34.2 Å². The lowest BCUT2D eigenvalue weighted by Gasteiger charge is -2.31. The average molecular weight is 665 g/mol. The number of rotatable bonds is 8. The number of benzene rings is 2. The molecule has 2 aromatic carbocycles. The molecular formula is C31H26ClF5N4O5. The Morgan fingerprint density at radius 3 is 2.57 bits per heavy atom. The first-order valence-electron chi connectivity index (χ1n) is 14.0. The molecule has 2 aromatic heterocycles. The third-order valence-electron chi connectivity index (χ3n) is 8.58. The van der Waals surface area contributed by atoms with Crippen molar-refractivity contribution in [2.45, 2.75) is 49.7 Å². The van der Waals surface area contributed by atoms with Crippen LogP contribution in [-0.2, 0) is 21.6 Å². The molecule has 1 saturated carbocycles. The summed E-state index contributed by atoms with van der Waals surface area (Å²) in [4.78, 5) is 30.0. The number of nitrogens with zero attached hydrogens (tertiary/aromatic N) is 3. The second-order valence-corrected chi connectivity index (χ2v) is 12.0. The molecule has 4 aromatic rings. The van der Waals surface area contributed by atoms with Gasteiger partial charge < -0.3 is 19.9 Å². The van der Waals surface area contributed by atoms with E-state index < -0.39 is 57.8 Å². The summed E-state index contributed by atoms with van der Waals surface area (Å²) in [6.07, 6.45) is -3.53. The first kappa shape index (κ1) is 31.7. The van der Waals surface area contributed by atoms with Gasteiger partial charge in [-0.05, 0) is 38.1 Å². The lowest BCUT2D eigenvalue weighted by atomic mass is 9.79. The number of nitrogens with one attached hydrogen (secondary N) is 1. The maximum atomic E-state index is 14.8. The van der Waals surface area contributed by atoms with Crippen molar-refractivity contribution in [2.24, 2.45) is 0 Å². The maximum absolute atomic E-state index is 14.8. The van der Waals surface area contributed by atoms with E-state index in [1.165, 1.54) is 51.4 Å². The van der Waals surface area contributed by atoms with Gasteiger partial charge in [-0.25, -0.2) is 18.4 Å². The summed E-state index contributed by atoms with van der Waals surface area (Å²) in [6, 6.07) is 7.04. The third-order valence-corrected chi connectivity index (χ3v) is 8.97. The Bertz CT molecular complexity index is 1930. The number of alkyl halides is 4. The quantitative estimate of drug-likeness (QED) is 0.231. The van der Waals surface area contributed by atoms with Crippen LogP contribution in [0.1, 0.15) is 48.3 Å². The summed E-state index contributed by atoms with van der Waals surface area (Å²) in [5.41, 5.74) is -6.62. The number of amides is 1. The van der Waals surface area contributed by atoms with E-state index in [-0.39, 0.29) is 58.8 Å². The number of hydrogen-bond donors (Lipinski definition) is 2. The molecule has 1 fully saturated rings. The first-order chi connectivity index (χ1) is 21.5. The number of carbonyl (C=O) groups is 2. The van der Waals surface area contributed by atoms with E-state index in [0.717, 1.165) is 16.8 Å². The number of carbonyl (C=O) groups excluding carboxylic acids is 2. The number of fused-ring (bicyclic) bond motifs is 2. The number of ether oxygens (including phenoxy) is 2. The summed E-state index contributed by atoms with van der Waals surface area (Å²) in [7, 11) is 1.29. The fourth-order valence-electron chi connectivity index (χ4n) is 5.33. The highest BCUT2D eigenvalue weighted by molar-refractivity contribution is 6.33. The van der Waals surface area contributed by atoms with Gasteiger partial charge in [-0.2, -0.15) is 18.3 Å². The summed E-state index contributed by atoms with van der Waals surface area (Å²) in [6.45, 7) is 1.02. The van der Waals surface area contributed by atoms with Gasteiger partial charge in [0.15, 0.2) is 0 Å². The van der Waals surface area contributed by atoms with Crippen molar-refractivity contribution in [3.05, 3.63) is 70.3 Å². The van der Waals surface area contributed by atoms with Crippen LogP contribution in [0.4, 0.5) is 22.0 Å². The Labute approximate surface area is 263 Å². The number of aliphatic hydroxyl groups is 1. The Morgan fingerprint density at radius 2 is 1.93 bits per heavy atom. The largest absolute Gasteiger partial charge is 0.494 e. The summed E-state index contributed by atoms with van der Waals surface area (Å²) >= 11 is 6.17. The van der Waals surface area contributed by atoms with Gasteiger partial charge in [0, 0.05) is 41.1 Å². The van der Waals surface area contributed by atoms with Crippen molar-refractivity contribution in [1.29, 1.82) is 0 Å². The topological polar surface area (TPSA) is 116 Å². The molecular weight excluding hydrogens is 639 g/mol. The summed E-state index contributed by atoms with van der Waals surface area (Å²) < 4.78 is 85.5. The Hall–Kier alpha value is -4.30. The van der Waals surface area contributed by atoms with Gasteiger partial charge in [0.2, 0.25) is 11.4 Å². The van der Waals surface area contributed by atoms with Gasteiger partial charge >= 0.3 is 6.18 Å². The van der Waals surface area contributed by atoms with Gasteiger partial charge in [-0.3, -0.25) is 9.59 Å². The van der Waals surface area contributed by atoms with E-state index in [9.17, 15) is 36.6 Å². The molecule has 46 heavy (non-hydrogen) atoms. The predicted octanol–water partition coefficient (Wildman–Crippen LogP) is 5.73. The molecule has 15 heteroatoms. The molecule has 6 rings (SSSR count). The van der Waals surface area contributed by atoms with Gasteiger partial charge in [0.25, 0.3) is 5.91 Å². The van der Waals surface area contributed by atoms with Gasteiger partial charge in [0.1, 0.15) is 40.9 Å². The second kappa shape index (κ2) is 10.6. The zero-order chi connectivity index (χ0) is 33.4. The number of halogens is 6. The van der Waals surface area contributed by atoms with Gasteiger partial charge in [-0.15, -0.1) is 0 Å². The lowest BCUT2D eigenvalue weighted by Crippen LogP contribution is -2.51. The van der Waals surface area contributed by atoms with Crippen LogP contribution >= 0.6 is 11.6 Å². The molecule has 1 unspecified atom stereocenters. The van der Waals surface area contributed by atoms with Crippen LogP contribution in [0.25, 0.3) is 22.2 Å². The van der Waals surface area contributed by atoms with Crippen LogP contribution in [0.15, 0.2) is 42.6 Å². The SMILES string of the molecule is COc1cc(C(=O)NCC(O)(c2cc3c(c(-c4cccc(F)c4Cl)n2)OC[C@]3(C)C(C)=O)C(F)(F)F)cc2cn(C3(F)CC3)nc12. The van der Waals surface area contributed by atoms with E-state index in [2.05, 4.69) is 15.4 Å². The van der Waals surface area contributed by atoms with Crippen molar-refractivity contribution in [3.63, 3.8) is 0 Å². The smallest absolute Gasteiger partial charge is 0.424 e. The first-order valence-corrected chi connectivity index (χ1v) is 14.4. The van der Waals surface area contributed by atoms with Crippen molar-refractivity contribution < 1.29 is 46.1 Å². The van der Waals surface area contributed by atoms with Crippen LogP contribution in [-0.4, -0.2) is 58.0 Å². The highest BCUT2D eigenvalue weighted by Crippen LogP contribution is 2.49. The second-order valence-electron chi connectivity index (χ2n) is 11.7. The van der Waals surface area contributed by atoms with E-state index in [1.807, 2.05) is 0 Å². The highest BCUT2D eigenvalue weighted by Gasteiger charge is 2.57. The fourth-order valence-corrected chi connectivity index (χ4v) is 5.55. The third kappa shape index (κ3) is 4.94. The van der Waals surface area contributed by atoms with Crippen molar-refractivity contribution in [2.75, 3.05) is 20.3 Å². The average Bonchev–Trinajstić information content (AvgIpc) is 3.44. The van der Waals surface area contributed by atoms with Crippen molar-refractivity contribution in [3.8, 4) is 22.8 Å². The van der Waals surface area contributed by atoms with Crippen LogP contribution in [0, 0.1) is 5.82 Å². The standard InChI is InChI=1S/C31H26ClF5N4O5/c1-15(42)28(2)14-46-26-19(28)11-22(39-25(26)18-5-4-6-20(33)23(18)32)30(44,31(35,36)37)13-38-27(43)16-9-17-12-41(29(34)7-8-29)40-24(17)21(10-16)45-3/h4-6,9-12,44H,7-8,13-14H2,1-3H3,(H,38,43)/t28-,30?/m1/s1. The summed E-state index contributed by atoms with van der Waals surface area (Å²) in [5.74, 6) is -4.03.